The van der Waals surface area contributed by atoms with Crippen LogP contribution in [0.15, 0.2) is 47.4 Å². The summed E-state index contributed by atoms with van der Waals surface area (Å²) in [6.45, 7) is 4.34. The van der Waals surface area contributed by atoms with E-state index in [1.807, 2.05) is 6.92 Å². The van der Waals surface area contributed by atoms with Crippen LogP contribution in [0.3, 0.4) is 0 Å². The summed E-state index contributed by atoms with van der Waals surface area (Å²) in [6, 6.07) is 13.2. The maximum atomic E-state index is 12.9. The van der Waals surface area contributed by atoms with Gasteiger partial charge in [0, 0.05) is 32.7 Å². The van der Waals surface area contributed by atoms with Crippen LogP contribution in [0.2, 0.25) is 0 Å². The molecule has 1 aromatic heterocycles. The van der Waals surface area contributed by atoms with E-state index in [-0.39, 0.29) is 10.9 Å². The number of fused-ring (bicyclic) bond motifs is 2. The van der Waals surface area contributed by atoms with Crippen LogP contribution in [0.1, 0.15) is 18.1 Å². The van der Waals surface area contributed by atoms with Crippen molar-refractivity contribution < 1.29 is 8.42 Å². The molecular formula is C19H23N5O2S. The first kappa shape index (κ1) is 18.1. The highest BCUT2D eigenvalue weighted by atomic mass is 32.2. The van der Waals surface area contributed by atoms with Gasteiger partial charge in [-0.1, -0.05) is 30.3 Å². The van der Waals surface area contributed by atoms with Crippen molar-refractivity contribution >= 4 is 21.1 Å². The average molecular weight is 385 g/mol. The molecule has 0 bridgehead atoms. The molecule has 2 aromatic carbocycles. The molecule has 0 saturated carbocycles. The van der Waals surface area contributed by atoms with Crippen molar-refractivity contribution in [1.29, 1.82) is 0 Å². The highest BCUT2D eigenvalue weighted by molar-refractivity contribution is 7.89. The van der Waals surface area contributed by atoms with Gasteiger partial charge in [-0.25, -0.2) is 13.1 Å². The molecule has 1 aliphatic heterocycles. The van der Waals surface area contributed by atoms with Gasteiger partial charge in [-0.3, -0.25) is 4.90 Å². The van der Waals surface area contributed by atoms with Gasteiger partial charge in [0.1, 0.15) is 15.9 Å². The summed E-state index contributed by atoms with van der Waals surface area (Å²) in [5.74, 6) is 0. The van der Waals surface area contributed by atoms with Crippen molar-refractivity contribution in [2.24, 2.45) is 7.05 Å². The Morgan fingerprint density at radius 1 is 1.11 bits per heavy atom. The third-order valence-corrected chi connectivity index (χ3v) is 6.48. The van der Waals surface area contributed by atoms with E-state index in [9.17, 15) is 8.42 Å². The summed E-state index contributed by atoms with van der Waals surface area (Å²) >= 11 is 0. The van der Waals surface area contributed by atoms with Gasteiger partial charge in [0.25, 0.3) is 0 Å². The van der Waals surface area contributed by atoms with Crippen molar-refractivity contribution in [3.05, 3.63) is 53.6 Å². The monoisotopic (exact) mass is 385 g/mol. The van der Waals surface area contributed by atoms with E-state index in [1.54, 1.807) is 25.2 Å². The molecule has 7 nitrogen and oxygen atoms in total. The van der Waals surface area contributed by atoms with Gasteiger partial charge in [-0.15, -0.1) is 0 Å². The lowest BCUT2D eigenvalue weighted by Crippen LogP contribution is -2.43. The Balaban J connectivity index is 1.48. The van der Waals surface area contributed by atoms with Gasteiger partial charge < -0.3 is 0 Å². The lowest BCUT2D eigenvalue weighted by atomic mass is 10.00. The third kappa shape index (κ3) is 3.73. The maximum absolute atomic E-state index is 12.9. The van der Waals surface area contributed by atoms with E-state index < -0.39 is 10.0 Å². The highest BCUT2D eigenvalue weighted by Crippen LogP contribution is 2.21. The fourth-order valence-electron chi connectivity index (χ4n) is 3.69. The van der Waals surface area contributed by atoms with Crippen LogP contribution in [0.25, 0.3) is 11.0 Å². The van der Waals surface area contributed by atoms with Gasteiger partial charge in [-0.2, -0.15) is 15.0 Å². The fraction of sp³-hybridized carbons (Fsp3) is 0.368. The second-order valence-electron chi connectivity index (χ2n) is 7.09. The number of nitrogens with one attached hydrogen (secondary N) is 1. The quantitative estimate of drug-likeness (QED) is 0.723. The average Bonchev–Trinajstić information content (AvgIpc) is 3.01. The molecule has 0 saturated heterocycles. The number of hydrogen-bond acceptors (Lipinski definition) is 5. The van der Waals surface area contributed by atoms with Gasteiger partial charge in [0.15, 0.2) is 0 Å². The van der Waals surface area contributed by atoms with E-state index in [2.05, 4.69) is 44.1 Å². The summed E-state index contributed by atoms with van der Waals surface area (Å²) < 4.78 is 28.6. The summed E-state index contributed by atoms with van der Waals surface area (Å²) in [6.07, 6.45) is 0.995. The van der Waals surface area contributed by atoms with Crippen molar-refractivity contribution in [3.8, 4) is 0 Å². The molecule has 0 unspecified atom stereocenters. The van der Waals surface area contributed by atoms with Crippen molar-refractivity contribution in [2.75, 3.05) is 13.1 Å². The number of aryl methyl sites for hydroxylation is 1. The van der Waals surface area contributed by atoms with Crippen LogP contribution in [0.4, 0.5) is 0 Å². The Kier molecular flexibility index (Phi) is 4.71. The lowest BCUT2D eigenvalue weighted by Gasteiger charge is -2.31. The molecule has 0 fully saturated rings. The zero-order chi connectivity index (χ0) is 19.0. The molecular weight excluding hydrogens is 362 g/mol. The summed E-state index contributed by atoms with van der Waals surface area (Å²) in [5.41, 5.74) is 3.67. The molecule has 0 radical (unpaired) electrons. The second-order valence-corrected chi connectivity index (χ2v) is 8.77. The van der Waals surface area contributed by atoms with E-state index >= 15 is 0 Å². The number of rotatable bonds is 5. The minimum atomic E-state index is -3.68. The number of nitrogens with zero attached hydrogens (tertiary/aromatic N) is 4. The largest absolute Gasteiger partial charge is 0.297 e. The molecule has 1 N–H and O–H groups in total. The first-order valence-electron chi connectivity index (χ1n) is 9.04. The maximum Gasteiger partial charge on any atom is 0.243 e. The Labute approximate surface area is 159 Å². The zero-order valence-electron chi connectivity index (χ0n) is 15.5. The number of aromatic nitrogens is 3. The molecule has 1 aliphatic rings. The second kappa shape index (κ2) is 7.03. The van der Waals surface area contributed by atoms with Crippen LogP contribution >= 0.6 is 0 Å². The topological polar surface area (TPSA) is 80.1 Å². The molecule has 0 aliphatic carbocycles. The third-order valence-electron chi connectivity index (χ3n) is 4.86. The van der Waals surface area contributed by atoms with Crippen molar-refractivity contribution in [2.45, 2.75) is 30.8 Å². The van der Waals surface area contributed by atoms with Crippen molar-refractivity contribution in [3.63, 3.8) is 0 Å². The first-order valence-corrected chi connectivity index (χ1v) is 10.5. The number of hydrogen-bond donors (Lipinski definition) is 1. The summed E-state index contributed by atoms with van der Waals surface area (Å²) in [4.78, 5) is 3.85. The van der Waals surface area contributed by atoms with Crippen LogP contribution in [-0.2, 0) is 30.0 Å². The van der Waals surface area contributed by atoms with Gasteiger partial charge >= 0.3 is 0 Å². The lowest BCUT2D eigenvalue weighted by molar-refractivity contribution is 0.238. The van der Waals surface area contributed by atoms with Crippen LogP contribution in [0.5, 0.6) is 0 Å². The van der Waals surface area contributed by atoms with Crippen LogP contribution < -0.4 is 4.72 Å². The van der Waals surface area contributed by atoms with Gasteiger partial charge in [0.05, 0.1) is 0 Å². The predicted molar refractivity (Wildman–Crippen MR) is 104 cm³/mol. The number of sulfonamides is 1. The standard InChI is InChI=1S/C19H23N5O2S/c1-14(12-24-11-10-15-6-3-4-7-16(15)13-24)22-27(25,26)18-9-5-8-17-19(18)21-23(2)20-17/h3-9,14,22H,10-13H2,1-2H3/t14-/m1/s1. The molecule has 0 amide bonds. The molecule has 1 atom stereocenters. The highest BCUT2D eigenvalue weighted by Gasteiger charge is 2.24. The summed E-state index contributed by atoms with van der Waals surface area (Å²) in [7, 11) is -2.00. The van der Waals surface area contributed by atoms with E-state index in [1.165, 1.54) is 15.9 Å². The molecule has 27 heavy (non-hydrogen) atoms. The van der Waals surface area contributed by atoms with E-state index in [0.717, 1.165) is 19.5 Å². The van der Waals surface area contributed by atoms with Gasteiger partial charge in [-0.05, 0) is 36.6 Å². The first-order chi connectivity index (χ1) is 12.9. The smallest absolute Gasteiger partial charge is 0.243 e. The zero-order valence-corrected chi connectivity index (χ0v) is 16.3. The predicted octanol–water partition coefficient (Wildman–Crippen LogP) is 1.69. The van der Waals surface area contributed by atoms with Crippen LogP contribution in [0, 0.1) is 0 Å². The number of benzene rings is 2. The van der Waals surface area contributed by atoms with E-state index in [0.29, 0.717) is 17.6 Å². The molecule has 8 heteroatoms. The minimum Gasteiger partial charge on any atom is -0.297 e. The molecule has 2 heterocycles. The Morgan fingerprint density at radius 2 is 1.89 bits per heavy atom. The van der Waals surface area contributed by atoms with Gasteiger partial charge in [0.2, 0.25) is 10.0 Å². The minimum absolute atomic E-state index is 0.170. The Bertz CT molecular complexity index is 1080. The molecule has 4 rings (SSSR count). The molecule has 0 spiro atoms. The Hall–Kier alpha value is -2.29. The summed E-state index contributed by atoms with van der Waals surface area (Å²) in [5, 5.41) is 8.39. The molecule has 3 aromatic rings. The van der Waals surface area contributed by atoms with Crippen LogP contribution in [-0.4, -0.2) is 47.4 Å². The van der Waals surface area contributed by atoms with Crippen molar-refractivity contribution in [1.82, 2.24) is 24.6 Å². The molecule has 142 valence electrons. The fourth-order valence-corrected chi connectivity index (χ4v) is 5.08. The SMILES string of the molecule is C[C@H](CN1CCc2ccccc2C1)NS(=O)(=O)c1cccc2nn(C)nc12. The Morgan fingerprint density at radius 3 is 2.70 bits per heavy atom. The van der Waals surface area contributed by atoms with E-state index in [4.69, 9.17) is 0 Å². The normalized spacial score (nSPS) is 16.4.